The Balaban J connectivity index is 2.25. The monoisotopic (exact) mass is 411 g/mol. The summed E-state index contributed by atoms with van der Waals surface area (Å²) in [4.78, 5) is 3.29. The second kappa shape index (κ2) is 6.28. The van der Waals surface area contributed by atoms with E-state index in [1.165, 1.54) is 0 Å². The van der Waals surface area contributed by atoms with Gasteiger partial charge in [-0.25, -0.2) is 0 Å². The van der Waals surface area contributed by atoms with Crippen LogP contribution >= 0.6 is 46.7 Å². The van der Waals surface area contributed by atoms with Gasteiger partial charge in [0.1, 0.15) is 0 Å². The third-order valence-electron chi connectivity index (χ3n) is 4.97. The van der Waals surface area contributed by atoms with E-state index in [1.54, 1.807) is 41.7 Å². The highest BCUT2D eigenvalue weighted by molar-refractivity contribution is 8.17. The van der Waals surface area contributed by atoms with E-state index < -0.39 is 15.0 Å². The van der Waals surface area contributed by atoms with Crippen molar-refractivity contribution in [2.75, 3.05) is 11.5 Å². The fraction of sp³-hybridized carbons (Fsp3) is 0.471. The minimum atomic E-state index is -1.09. The first-order valence-corrected chi connectivity index (χ1v) is 10.6. The van der Waals surface area contributed by atoms with Gasteiger partial charge in [-0.1, -0.05) is 66.6 Å². The van der Waals surface area contributed by atoms with E-state index in [2.05, 4.69) is 17.1 Å². The molecule has 3 rings (SSSR count). The number of rotatable bonds is 5. The van der Waals surface area contributed by atoms with Crippen molar-refractivity contribution < 1.29 is 4.99 Å². The molecule has 130 valence electrons. The van der Waals surface area contributed by atoms with Crippen LogP contribution in [0.5, 0.6) is 0 Å². The third-order valence-corrected chi connectivity index (χ3v) is 8.48. The van der Waals surface area contributed by atoms with Crippen LogP contribution in [-0.2, 0) is 0 Å². The Kier molecular flexibility index (Phi) is 4.71. The van der Waals surface area contributed by atoms with Crippen molar-refractivity contribution in [2.45, 2.75) is 24.0 Å². The third kappa shape index (κ3) is 2.12. The summed E-state index contributed by atoms with van der Waals surface area (Å²) >= 11 is 15.7. The number of hydrogen-bond acceptors (Lipinski definition) is 5. The van der Waals surface area contributed by atoms with Gasteiger partial charge in [-0.15, -0.1) is 0 Å². The Labute approximate surface area is 165 Å². The van der Waals surface area contributed by atoms with Crippen molar-refractivity contribution in [3.8, 4) is 12.1 Å². The maximum atomic E-state index is 10.2. The van der Waals surface area contributed by atoms with Gasteiger partial charge in [0.25, 0.3) is 5.84 Å². The van der Waals surface area contributed by atoms with E-state index in [0.29, 0.717) is 15.9 Å². The molecule has 2 aliphatic rings. The fourth-order valence-electron chi connectivity index (χ4n) is 4.06. The first-order valence-electron chi connectivity index (χ1n) is 7.87. The van der Waals surface area contributed by atoms with Gasteiger partial charge < -0.3 is 0 Å². The topological polar surface area (TPSA) is 87.6 Å². The van der Waals surface area contributed by atoms with Crippen LogP contribution in [0.1, 0.15) is 25.3 Å². The van der Waals surface area contributed by atoms with Crippen LogP contribution in [0.15, 0.2) is 18.2 Å². The molecule has 1 aliphatic heterocycles. The maximum Gasteiger partial charge on any atom is 0.265 e. The number of hydrogen-bond donors (Lipinski definition) is 2. The maximum absolute atomic E-state index is 10.2. The molecule has 1 aliphatic carbocycles. The lowest BCUT2D eigenvalue weighted by Crippen LogP contribution is -2.86. The van der Waals surface area contributed by atoms with Crippen LogP contribution in [0.2, 0.25) is 10.0 Å². The van der Waals surface area contributed by atoms with E-state index in [-0.39, 0.29) is 5.92 Å². The van der Waals surface area contributed by atoms with Crippen LogP contribution in [-0.4, -0.2) is 21.5 Å². The Morgan fingerprint density at radius 3 is 2.32 bits per heavy atom. The highest BCUT2D eigenvalue weighted by atomic mass is 35.5. The summed E-state index contributed by atoms with van der Waals surface area (Å²) in [6.45, 7) is 4.06. The Bertz CT molecular complexity index is 838. The zero-order valence-electron chi connectivity index (χ0n) is 13.8. The van der Waals surface area contributed by atoms with E-state index in [1.807, 2.05) is 13.8 Å². The average Bonchev–Trinajstić information content (AvgIpc) is 3.13. The minimum Gasteiger partial charge on any atom is -0.290 e. The quantitative estimate of drug-likeness (QED) is 0.727. The van der Waals surface area contributed by atoms with Crippen LogP contribution in [0, 0.1) is 33.5 Å². The van der Waals surface area contributed by atoms with Crippen molar-refractivity contribution in [1.82, 2.24) is 0 Å². The molecule has 0 amide bonds. The first kappa shape index (κ1) is 18.7. The van der Waals surface area contributed by atoms with Gasteiger partial charge in [0.05, 0.1) is 12.1 Å². The molecule has 0 unspecified atom stereocenters. The van der Waals surface area contributed by atoms with Crippen LogP contribution in [0.25, 0.3) is 0 Å². The number of nitrogens with zero attached hydrogens (tertiary/aromatic N) is 2. The van der Waals surface area contributed by atoms with Gasteiger partial charge in [0, 0.05) is 16.0 Å². The number of benzene rings is 1. The molecular weight excluding hydrogens is 395 g/mol. The zero-order chi connectivity index (χ0) is 18.5. The smallest absolute Gasteiger partial charge is 0.265 e. The number of fused-ring (bicyclic) bond motifs is 1. The number of nitrogens with two attached hydrogens (primary N) is 1. The Morgan fingerprint density at radius 1 is 1.20 bits per heavy atom. The van der Waals surface area contributed by atoms with Crippen LogP contribution in [0.4, 0.5) is 0 Å². The molecule has 0 spiro atoms. The average molecular weight is 412 g/mol. The van der Waals surface area contributed by atoms with E-state index >= 15 is 0 Å². The molecule has 1 aromatic carbocycles. The molecule has 0 bridgehead atoms. The molecule has 1 saturated carbocycles. The van der Waals surface area contributed by atoms with Gasteiger partial charge in [-0.2, -0.15) is 10.5 Å². The Hall–Kier alpha value is -1.05. The number of halogens is 2. The van der Waals surface area contributed by atoms with Gasteiger partial charge in [-0.05, 0) is 29.2 Å². The lowest BCUT2D eigenvalue weighted by Gasteiger charge is -2.29. The fourth-order valence-corrected chi connectivity index (χ4v) is 7.90. The highest BCUT2D eigenvalue weighted by Gasteiger charge is 2.95. The molecule has 0 saturated heterocycles. The number of nitriles is 2. The molecule has 1 heterocycles. The SMILES string of the molecule is CCSC1(SCC)[NH+]=C(N)[C@@]2(C#N)[C@H](c3ccc(Cl)cc3Cl)[C@@]12C#N. The molecule has 3 atom stereocenters. The standard InChI is InChI=1S/C17H16Cl2N4S2/c1-3-24-17(25-4-2)16(9-21)13(15(16,8-20)14(22)23-17)11-6-5-10(18)7-12(11)19/h5-7,13H,3-4H2,1-2H3,(H2,22,23)/p+1/t13-,15+,16+/m0/s1. The van der Waals surface area contributed by atoms with E-state index in [9.17, 15) is 10.5 Å². The van der Waals surface area contributed by atoms with Crippen molar-refractivity contribution in [3.63, 3.8) is 0 Å². The summed E-state index contributed by atoms with van der Waals surface area (Å²) in [7, 11) is 0. The molecular formula is C17H17Cl2N4S2+. The molecule has 0 aromatic heterocycles. The van der Waals surface area contributed by atoms with E-state index in [0.717, 1.165) is 17.1 Å². The van der Waals surface area contributed by atoms with Crippen molar-refractivity contribution in [2.24, 2.45) is 16.6 Å². The minimum absolute atomic E-state index is 0.356. The summed E-state index contributed by atoms with van der Waals surface area (Å²) in [6, 6.07) is 10.0. The molecule has 8 heteroatoms. The number of nitrogens with one attached hydrogen (secondary N) is 1. The predicted octanol–water partition coefficient (Wildman–Crippen LogP) is 2.72. The molecule has 3 N–H and O–H groups in total. The van der Waals surface area contributed by atoms with Crippen molar-refractivity contribution >= 4 is 52.6 Å². The highest BCUT2D eigenvalue weighted by Crippen LogP contribution is 2.82. The summed E-state index contributed by atoms with van der Waals surface area (Å²) in [6.07, 6.45) is 0. The van der Waals surface area contributed by atoms with Gasteiger partial charge in [0.2, 0.25) is 4.20 Å². The Morgan fingerprint density at radius 2 is 1.84 bits per heavy atom. The van der Waals surface area contributed by atoms with Crippen LogP contribution in [0.3, 0.4) is 0 Å². The zero-order valence-corrected chi connectivity index (χ0v) is 16.9. The molecule has 0 radical (unpaired) electrons. The molecule has 1 fully saturated rings. The number of amidine groups is 1. The summed E-state index contributed by atoms with van der Waals surface area (Å²) in [5, 5.41) is 21.3. The van der Waals surface area contributed by atoms with Crippen LogP contribution < -0.4 is 10.7 Å². The van der Waals surface area contributed by atoms with E-state index in [4.69, 9.17) is 28.9 Å². The summed E-state index contributed by atoms with van der Waals surface area (Å²) < 4.78 is -0.682. The molecule has 4 nitrogen and oxygen atoms in total. The lowest BCUT2D eigenvalue weighted by atomic mass is 9.97. The van der Waals surface area contributed by atoms with Crippen molar-refractivity contribution in [1.29, 1.82) is 10.5 Å². The largest absolute Gasteiger partial charge is 0.290 e. The van der Waals surface area contributed by atoms with Gasteiger partial charge >= 0.3 is 0 Å². The number of thioether (sulfide) groups is 2. The molecule has 25 heavy (non-hydrogen) atoms. The van der Waals surface area contributed by atoms with Gasteiger partial charge in [0.15, 0.2) is 10.8 Å². The van der Waals surface area contributed by atoms with Crippen molar-refractivity contribution in [3.05, 3.63) is 33.8 Å². The first-order chi connectivity index (χ1) is 11.9. The normalized spacial score (nSPS) is 31.6. The van der Waals surface area contributed by atoms with Gasteiger partial charge in [-0.3, -0.25) is 10.7 Å². The second-order valence-electron chi connectivity index (χ2n) is 5.96. The molecule has 1 aromatic rings. The predicted molar refractivity (Wildman–Crippen MR) is 104 cm³/mol. The second-order valence-corrected chi connectivity index (χ2v) is 10.0. The lowest BCUT2D eigenvalue weighted by molar-refractivity contribution is -0.492. The summed E-state index contributed by atoms with van der Waals surface area (Å²) in [5.41, 5.74) is 4.97. The summed E-state index contributed by atoms with van der Waals surface area (Å²) in [5.74, 6) is 1.55.